The molecule has 82 valence electrons. The van der Waals surface area contributed by atoms with Gasteiger partial charge in [-0.15, -0.1) is 0 Å². The topological polar surface area (TPSA) is 71.8 Å². The first-order valence-corrected chi connectivity index (χ1v) is 5.18. The Morgan fingerprint density at radius 2 is 2.25 bits per heavy atom. The van der Waals surface area contributed by atoms with Crippen LogP contribution in [0.25, 0.3) is 11.3 Å². The fourth-order valence-corrected chi connectivity index (χ4v) is 1.75. The number of aromatic amines is 1. The lowest BCUT2D eigenvalue weighted by Crippen LogP contribution is -2.10. The van der Waals surface area contributed by atoms with Crippen molar-refractivity contribution in [2.45, 2.75) is 0 Å². The normalized spacial score (nSPS) is 10.4. The molecule has 0 saturated carbocycles. The lowest BCUT2D eigenvalue weighted by molar-refractivity contribution is 0.0995. The third-order valence-corrected chi connectivity index (χ3v) is 2.88. The van der Waals surface area contributed by atoms with E-state index < -0.39 is 5.91 Å². The van der Waals surface area contributed by atoms with Crippen LogP contribution in [0.4, 0.5) is 4.39 Å². The standard InChI is InChI=1S/C10H7BrFN3O/c11-9-5(2-1-3-6(9)12)7-4-8(10(13)16)15-14-7/h1-4H,(H2,13,16)(H,14,15). The SMILES string of the molecule is NC(=O)c1cc(-c2cccc(F)c2Br)n[nH]1. The van der Waals surface area contributed by atoms with E-state index in [0.29, 0.717) is 15.7 Å². The van der Waals surface area contributed by atoms with Crippen LogP contribution in [0.2, 0.25) is 0 Å². The third-order valence-electron chi connectivity index (χ3n) is 2.07. The van der Waals surface area contributed by atoms with Crippen LogP contribution in [0.3, 0.4) is 0 Å². The zero-order valence-corrected chi connectivity index (χ0v) is 9.58. The maximum absolute atomic E-state index is 13.3. The second kappa shape index (κ2) is 4.05. The zero-order chi connectivity index (χ0) is 11.7. The van der Waals surface area contributed by atoms with Gasteiger partial charge in [0.05, 0.1) is 10.2 Å². The lowest BCUT2D eigenvalue weighted by atomic mass is 10.1. The van der Waals surface area contributed by atoms with Crippen LogP contribution in [-0.4, -0.2) is 16.1 Å². The van der Waals surface area contributed by atoms with Gasteiger partial charge < -0.3 is 5.73 Å². The van der Waals surface area contributed by atoms with Crippen LogP contribution in [0.1, 0.15) is 10.5 Å². The van der Waals surface area contributed by atoms with Crippen molar-refractivity contribution in [1.29, 1.82) is 0 Å². The molecule has 16 heavy (non-hydrogen) atoms. The number of hydrogen-bond donors (Lipinski definition) is 2. The number of aromatic nitrogens is 2. The summed E-state index contributed by atoms with van der Waals surface area (Å²) >= 11 is 3.12. The molecular formula is C10H7BrFN3O. The molecule has 0 radical (unpaired) electrons. The zero-order valence-electron chi connectivity index (χ0n) is 8.00. The van der Waals surface area contributed by atoms with Gasteiger partial charge in [-0.25, -0.2) is 4.39 Å². The van der Waals surface area contributed by atoms with Crippen molar-refractivity contribution in [3.05, 3.63) is 40.2 Å². The highest BCUT2D eigenvalue weighted by Gasteiger charge is 2.12. The summed E-state index contributed by atoms with van der Waals surface area (Å²) in [4.78, 5) is 10.9. The van der Waals surface area contributed by atoms with Crippen molar-refractivity contribution >= 4 is 21.8 Å². The van der Waals surface area contributed by atoms with Crippen molar-refractivity contribution in [2.75, 3.05) is 0 Å². The maximum atomic E-state index is 13.3. The highest BCUT2D eigenvalue weighted by atomic mass is 79.9. The molecule has 2 rings (SSSR count). The fourth-order valence-electron chi connectivity index (χ4n) is 1.29. The van der Waals surface area contributed by atoms with Crippen LogP contribution >= 0.6 is 15.9 Å². The molecule has 1 aromatic heterocycles. The molecule has 0 fully saturated rings. The Morgan fingerprint density at radius 1 is 1.50 bits per heavy atom. The molecule has 6 heteroatoms. The molecular weight excluding hydrogens is 277 g/mol. The Bertz CT molecular complexity index is 553. The highest BCUT2D eigenvalue weighted by molar-refractivity contribution is 9.10. The summed E-state index contributed by atoms with van der Waals surface area (Å²) in [5.41, 5.74) is 6.28. The average molecular weight is 284 g/mol. The predicted octanol–water partition coefficient (Wildman–Crippen LogP) is 2.08. The minimum Gasteiger partial charge on any atom is -0.364 e. The van der Waals surface area contributed by atoms with E-state index in [2.05, 4.69) is 26.1 Å². The van der Waals surface area contributed by atoms with Gasteiger partial charge in [-0.05, 0) is 28.1 Å². The molecule has 0 aliphatic heterocycles. The number of primary amides is 1. The predicted molar refractivity (Wildman–Crippen MR) is 60.2 cm³/mol. The molecule has 0 spiro atoms. The van der Waals surface area contributed by atoms with Gasteiger partial charge in [-0.1, -0.05) is 12.1 Å². The lowest BCUT2D eigenvalue weighted by Gasteiger charge is -2.00. The number of carbonyl (C=O) groups excluding carboxylic acids is 1. The molecule has 0 bridgehead atoms. The van der Waals surface area contributed by atoms with Crippen LogP contribution in [0, 0.1) is 5.82 Å². The van der Waals surface area contributed by atoms with Gasteiger partial charge in [0.1, 0.15) is 11.5 Å². The number of rotatable bonds is 2. The van der Waals surface area contributed by atoms with Gasteiger partial charge >= 0.3 is 0 Å². The quantitative estimate of drug-likeness (QED) is 0.886. The monoisotopic (exact) mass is 283 g/mol. The van der Waals surface area contributed by atoms with E-state index in [9.17, 15) is 9.18 Å². The largest absolute Gasteiger partial charge is 0.364 e. The second-order valence-electron chi connectivity index (χ2n) is 3.13. The molecule has 3 N–H and O–H groups in total. The number of halogens is 2. The Kier molecular flexibility index (Phi) is 2.74. The smallest absolute Gasteiger partial charge is 0.266 e. The molecule has 0 saturated heterocycles. The van der Waals surface area contributed by atoms with Gasteiger partial charge in [0, 0.05) is 5.56 Å². The van der Waals surface area contributed by atoms with E-state index in [1.807, 2.05) is 0 Å². The second-order valence-corrected chi connectivity index (χ2v) is 3.93. The fraction of sp³-hybridized carbons (Fsp3) is 0. The summed E-state index contributed by atoms with van der Waals surface area (Å²) in [6.07, 6.45) is 0. The average Bonchev–Trinajstić information content (AvgIpc) is 2.71. The van der Waals surface area contributed by atoms with Gasteiger partial charge in [-0.3, -0.25) is 9.89 Å². The van der Waals surface area contributed by atoms with E-state index in [1.165, 1.54) is 12.1 Å². The Balaban J connectivity index is 2.50. The van der Waals surface area contributed by atoms with Crippen LogP contribution in [0.15, 0.2) is 28.7 Å². The molecule has 1 amide bonds. The molecule has 0 aliphatic carbocycles. The summed E-state index contributed by atoms with van der Waals surface area (Å²) in [6, 6.07) is 6.05. The molecule has 4 nitrogen and oxygen atoms in total. The van der Waals surface area contributed by atoms with Gasteiger partial charge in [-0.2, -0.15) is 5.10 Å². The minimum absolute atomic E-state index is 0.186. The summed E-state index contributed by atoms with van der Waals surface area (Å²) in [6.45, 7) is 0. The van der Waals surface area contributed by atoms with E-state index in [0.717, 1.165) is 0 Å². The van der Waals surface area contributed by atoms with Gasteiger partial charge in [0.2, 0.25) is 0 Å². The van der Waals surface area contributed by atoms with E-state index in [4.69, 9.17) is 5.73 Å². The first kappa shape index (κ1) is 10.8. The van der Waals surface area contributed by atoms with Crippen molar-refractivity contribution in [3.8, 4) is 11.3 Å². The molecule has 0 unspecified atom stereocenters. The van der Waals surface area contributed by atoms with Gasteiger partial charge in [0.25, 0.3) is 5.91 Å². The molecule has 2 aromatic rings. The first-order valence-electron chi connectivity index (χ1n) is 4.39. The Labute approximate surface area is 98.8 Å². The van der Waals surface area contributed by atoms with E-state index in [-0.39, 0.29) is 11.5 Å². The van der Waals surface area contributed by atoms with E-state index in [1.54, 1.807) is 12.1 Å². The molecule has 1 heterocycles. The minimum atomic E-state index is -0.605. The van der Waals surface area contributed by atoms with Crippen molar-refractivity contribution in [3.63, 3.8) is 0 Å². The maximum Gasteiger partial charge on any atom is 0.266 e. The number of hydrogen-bond acceptors (Lipinski definition) is 2. The number of benzene rings is 1. The number of amides is 1. The van der Waals surface area contributed by atoms with Crippen LogP contribution in [0.5, 0.6) is 0 Å². The summed E-state index contributed by atoms with van der Waals surface area (Å²) < 4.78 is 13.6. The third kappa shape index (κ3) is 1.83. The summed E-state index contributed by atoms with van der Waals surface area (Å²) in [5.74, 6) is -0.993. The first-order chi connectivity index (χ1) is 7.59. The van der Waals surface area contributed by atoms with Crippen molar-refractivity contribution in [1.82, 2.24) is 10.2 Å². The van der Waals surface area contributed by atoms with Crippen LogP contribution in [-0.2, 0) is 0 Å². The number of carbonyl (C=O) groups is 1. The molecule has 0 aliphatic rings. The van der Waals surface area contributed by atoms with Crippen molar-refractivity contribution < 1.29 is 9.18 Å². The summed E-state index contributed by atoms with van der Waals surface area (Å²) in [5, 5.41) is 6.37. The highest BCUT2D eigenvalue weighted by Crippen LogP contribution is 2.29. The van der Waals surface area contributed by atoms with Crippen molar-refractivity contribution in [2.24, 2.45) is 5.73 Å². The van der Waals surface area contributed by atoms with Gasteiger partial charge in [0.15, 0.2) is 0 Å². The molecule has 0 atom stereocenters. The number of nitrogens with one attached hydrogen (secondary N) is 1. The Hall–Kier alpha value is -1.69. The molecule has 1 aromatic carbocycles. The Morgan fingerprint density at radius 3 is 2.88 bits per heavy atom. The number of nitrogens with two attached hydrogens (primary N) is 1. The summed E-state index contributed by atoms with van der Waals surface area (Å²) in [7, 11) is 0. The number of H-pyrrole nitrogens is 1. The van der Waals surface area contributed by atoms with E-state index >= 15 is 0 Å². The van der Waals surface area contributed by atoms with Crippen LogP contribution < -0.4 is 5.73 Å². The number of nitrogens with zero attached hydrogens (tertiary/aromatic N) is 1.